The topological polar surface area (TPSA) is 73.3 Å². The average Bonchev–Trinajstić information content (AvgIpc) is 2.74. The summed E-state index contributed by atoms with van der Waals surface area (Å²) in [6.45, 7) is 5.62. The zero-order valence-corrected chi connectivity index (χ0v) is 17.5. The first-order valence-electron chi connectivity index (χ1n) is 9.69. The predicted octanol–water partition coefficient (Wildman–Crippen LogP) is 3.88. The summed E-state index contributed by atoms with van der Waals surface area (Å²) in [5, 5.41) is 4.75. The van der Waals surface area contributed by atoms with E-state index in [4.69, 9.17) is 9.47 Å². The summed E-state index contributed by atoms with van der Waals surface area (Å²) in [5.74, 6) is 1.78. The van der Waals surface area contributed by atoms with Gasteiger partial charge in [0.1, 0.15) is 11.4 Å². The largest absolute Gasteiger partial charge is 0.490 e. The van der Waals surface area contributed by atoms with Crippen molar-refractivity contribution in [3.8, 4) is 11.5 Å². The minimum atomic E-state index is -0.0198. The van der Waals surface area contributed by atoms with Crippen LogP contribution in [0.1, 0.15) is 19.4 Å². The van der Waals surface area contributed by atoms with Crippen LogP contribution in [0.15, 0.2) is 53.8 Å². The maximum Gasteiger partial charge on any atom is 0.230 e. The highest BCUT2D eigenvalue weighted by atomic mass is 32.2. The number of nitrogens with one attached hydrogen (secondary N) is 1. The molecule has 0 fully saturated rings. The molecule has 0 saturated carbocycles. The predicted molar refractivity (Wildman–Crippen MR) is 116 cm³/mol. The van der Waals surface area contributed by atoms with Crippen molar-refractivity contribution in [1.29, 1.82) is 0 Å². The van der Waals surface area contributed by atoms with Crippen LogP contribution in [0.2, 0.25) is 0 Å². The second kappa shape index (κ2) is 10.7. The van der Waals surface area contributed by atoms with Crippen molar-refractivity contribution in [2.75, 3.05) is 25.5 Å². The third-order valence-electron chi connectivity index (χ3n) is 4.19. The first-order chi connectivity index (χ1) is 14.2. The lowest BCUT2D eigenvalue weighted by Gasteiger charge is -2.12. The van der Waals surface area contributed by atoms with Gasteiger partial charge in [0, 0.05) is 11.9 Å². The van der Waals surface area contributed by atoms with E-state index in [9.17, 15) is 4.79 Å². The minimum absolute atomic E-state index is 0.0198. The fraction of sp³-hybridized carbons (Fsp3) is 0.318. The van der Waals surface area contributed by atoms with Gasteiger partial charge in [0.05, 0.1) is 24.5 Å². The Labute approximate surface area is 175 Å². The van der Waals surface area contributed by atoms with E-state index in [0.29, 0.717) is 25.5 Å². The number of hydrogen-bond acceptors (Lipinski definition) is 6. The SMILES string of the molecule is CCOc1ccc(CCNC(=O)CSc2ncnc3ccccc23)cc1OCC. The van der Waals surface area contributed by atoms with Gasteiger partial charge in [0.2, 0.25) is 5.91 Å². The van der Waals surface area contributed by atoms with Crippen LogP contribution in [0.3, 0.4) is 0 Å². The maximum absolute atomic E-state index is 12.2. The molecule has 0 radical (unpaired) electrons. The molecule has 0 bridgehead atoms. The number of nitrogens with zero attached hydrogens (tertiary/aromatic N) is 2. The summed E-state index contributed by atoms with van der Waals surface area (Å²) in [4.78, 5) is 20.8. The van der Waals surface area contributed by atoms with E-state index >= 15 is 0 Å². The Morgan fingerprint density at radius 2 is 1.83 bits per heavy atom. The number of carbonyl (C=O) groups is 1. The molecule has 7 heteroatoms. The van der Waals surface area contributed by atoms with Gasteiger partial charge < -0.3 is 14.8 Å². The highest BCUT2D eigenvalue weighted by Crippen LogP contribution is 2.28. The number of thioether (sulfide) groups is 1. The number of benzene rings is 2. The second-order valence-corrected chi connectivity index (χ2v) is 7.20. The van der Waals surface area contributed by atoms with E-state index in [1.54, 1.807) is 0 Å². The number of rotatable bonds is 10. The van der Waals surface area contributed by atoms with Gasteiger partial charge in [-0.2, -0.15) is 0 Å². The minimum Gasteiger partial charge on any atom is -0.490 e. The molecular formula is C22H25N3O3S. The molecule has 1 amide bonds. The molecule has 0 spiro atoms. The molecule has 2 aromatic carbocycles. The molecule has 0 aliphatic heterocycles. The van der Waals surface area contributed by atoms with E-state index in [0.717, 1.165) is 39.4 Å². The van der Waals surface area contributed by atoms with E-state index in [-0.39, 0.29) is 5.91 Å². The fourth-order valence-corrected chi connectivity index (χ4v) is 3.70. The van der Waals surface area contributed by atoms with Gasteiger partial charge in [-0.05, 0) is 44.0 Å². The third-order valence-corrected chi connectivity index (χ3v) is 5.20. The number of fused-ring (bicyclic) bond motifs is 1. The molecule has 0 unspecified atom stereocenters. The fourth-order valence-electron chi connectivity index (χ4n) is 2.88. The van der Waals surface area contributed by atoms with Crippen molar-refractivity contribution < 1.29 is 14.3 Å². The molecule has 6 nitrogen and oxygen atoms in total. The van der Waals surface area contributed by atoms with Crippen LogP contribution in [0, 0.1) is 0 Å². The lowest BCUT2D eigenvalue weighted by molar-refractivity contribution is -0.118. The molecule has 1 heterocycles. The van der Waals surface area contributed by atoms with E-state index in [1.165, 1.54) is 18.1 Å². The van der Waals surface area contributed by atoms with Crippen LogP contribution < -0.4 is 14.8 Å². The Morgan fingerprint density at radius 3 is 2.66 bits per heavy atom. The Bertz CT molecular complexity index is 960. The molecule has 0 atom stereocenters. The second-order valence-electron chi connectivity index (χ2n) is 6.23. The molecule has 3 rings (SSSR count). The van der Waals surface area contributed by atoms with Crippen molar-refractivity contribution in [2.24, 2.45) is 0 Å². The number of aromatic nitrogens is 2. The number of carbonyl (C=O) groups excluding carboxylic acids is 1. The molecule has 0 aliphatic carbocycles. The number of para-hydroxylation sites is 1. The van der Waals surface area contributed by atoms with Crippen molar-refractivity contribution in [2.45, 2.75) is 25.3 Å². The highest BCUT2D eigenvalue weighted by Gasteiger charge is 2.09. The Balaban J connectivity index is 1.50. The van der Waals surface area contributed by atoms with Gasteiger partial charge in [-0.25, -0.2) is 9.97 Å². The molecule has 29 heavy (non-hydrogen) atoms. The van der Waals surface area contributed by atoms with Gasteiger partial charge in [-0.1, -0.05) is 36.0 Å². The molecule has 0 aliphatic rings. The van der Waals surface area contributed by atoms with Crippen molar-refractivity contribution >= 4 is 28.6 Å². The van der Waals surface area contributed by atoms with Crippen molar-refractivity contribution in [3.05, 3.63) is 54.4 Å². The van der Waals surface area contributed by atoms with Crippen LogP contribution >= 0.6 is 11.8 Å². The average molecular weight is 412 g/mol. The monoisotopic (exact) mass is 411 g/mol. The Morgan fingerprint density at radius 1 is 1.03 bits per heavy atom. The summed E-state index contributed by atoms with van der Waals surface area (Å²) in [7, 11) is 0. The summed E-state index contributed by atoms with van der Waals surface area (Å²) in [5.41, 5.74) is 1.97. The number of ether oxygens (including phenoxy) is 2. The van der Waals surface area contributed by atoms with E-state index in [2.05, 4.69) is 15.3 Å². The lowest BCUT2D eigenvalue weighted by atomic mass is 10.1. The number of amides is 1. The van der Waals surface area contributed by atoms with Gasteiger partial charge in [-0.3, -0.25) is 4.79 Å². The quantitative estimate of drug-likeness (QED) is 0.403. The number of hydrogen-bond donors (Lipinski definition) is 1. The smallest absolute Gasteiger partial charge is 0.230 e. The van der Waals surface area contributed by atoms with Gasteiger partial charge in [-0.15, -0.1) is 0 Å². The Hall–Kier alpha value is -2.80. The highest BCUT2D eigenvalue weighted by molar-refractivity contribution is 8.00. The van der Waals surface area contributed by atoms with E-state index < -0.39 is 0 Å². The first kappa shape index (κ1) is 20.9. The molecule has 0 saturated heterocycles. The standard InChI is InChI=1S/C22H25N3O3S/c1-3-27-19-10-9-16(13-20(19)28-4-2)11-12-23-21(26)14-29-22-17-7-5-6-8-18(17)24-15-25-22/h5-10,13,15H,3-4,11-12,14H2,1-2H3,(H,23,26). The first-order valence-corrected chi connectivity index (χ1v) is 10.7. The van der Waals surface area contributed by atoms with Crippen LogP contribution in [0.5, 0.6) is 11.5 Å². The zero-order valence-electron chi connectivity index (χ0n) is 16.7. The van der Waals surface area contributed by atoms with Crippen LogP contribution in [-0.4, -0.2) is 41.4 Å². The van der Waals surface area contributed by atoms with Crippen LogP contribution in [-0.2, 0) is 11.2 Å². The van der Waals surface area contributed by atoms with Crippen LogP contribution in [0.4, 0.5) is 0 Å². The van der Waals surface area contributed by atoms with Crippen LogP contribution in [0.25, 0.3) is 10.9 Å². The van der Waals surface area contributed by atoms with E-state index in [1.807, 2.05) is 56.3 Å². The lowest BCUT2D eigenvalue weighted by Crippen LogP contribution is -2.27. The van der Waals surface area contributed by atoms with Gasteiger partial charge >= 0.3 is 0 Å². The molecule has 1 aromatic heterocycles. The molecule has 1 N–H and O–H groups in total. The van der Waals surface area contributed by atoms with Gasteiger partial charge in [0.25, 0.3) is 0 Å². The van der Waals surface area contributed by atoms with Gasteiger partial charge in [0.15, 0.2) is 11.5 Å². The normalized spacial score (nSPS) is 10.7. The molecular weight excluding hydrogens is 386 g/mol. The zero-order chi connectivity index (χ0) is 20.5. The summed E-state index contributed by atoms with van der Waals surface area (Å²) in [6.07, 6.45) is 2.25. The third kappa shape index (κ3) is 5.84. The summed E-state index contributed by atoms with van der Waals surface area (Å²) < 4.78 is 11.2. The molecule has 152 valence electrons. The summed E-state index contributed by atoms with van der Waals surface area (Å²) in [6, 6.07) is 13.7. The summed E-state index contributed by atoms with van der Waals surface area (Å²) >= 11 is 1.42. The maximum atomic E-state index is 12.2. The van der Waals surface area contributed by atoms with Crippen molar-refractivity contribution in [3.63, 3.8) is 0 Å². The molecule has 3 aromatic rings. The Kier molecular flexibility index (Phi) is 7.69. The van der Waals surface area contributed by atoms with Crippen molar-refractivity contribution in [1.82, 2.24) is 15.3 Å².